The molecule has 2 heterocycles. The fraction of sp³-hybridized carbons (Fsp3) is 0.550. The number of hydrogen-bond acceptors (Lipinski definition) is 7. The number of aliphatic hydroxyl groups is 1. The highest BCUT2D eigenvalue weighted by molar-refractivity contribution is 5.92. The first-order valence-electron chi connectivity index (χ1n) is 8.98. The predicted octanol–water partition coefficient (Wildman–Crippen LogP) is 1.01. The van der Waals surface area contributed by atoms with E-state index in [4.69, 9.17) is 14.2 Å². The van der Waals surface area contributed by atoms with Gasteiger partial charge < -0.3 is 19.3 Å². The summed E-state index contributed by atoms with van der Waals surface area (Å²) in [7, 11) is 0. The lowest BCUT2D eigenvalue weighted by Crippen LogP contribution is -2.44. The van der Waals surface area contributed by atoms with Crippen molar-refractivity contribution in [3.05, 3.63) is 35.5 Å². The van der Waals surface area contributed by atoms with Gasteiger partial charge in [-0.3, -0.25) is 4.79 Å². The largest absolute Gasteiger partial charge is 0.459 e. The van der Waals surface area contributed by atoms with Crippen LogP contribution in [-0.4, -0.2) is 52.8 Å². The molecule has 4 rings (SSSR count). The molecule has 0 aromatic carbocycles. The third-order valence-corrected chi connectivity index (χ3v) is 6.29. The summed E-state index contributed by atoms with van der Waals surface area (Å²) < 4.78 is 16.6. The molecule has 0 spiro atoms. The second-order valence-corrected chi connectivity index (χ2v) is 8.07. The maximum absolute atomic E-state index is 12.6. The lowest BCUT2D eigenvalue weighted by Gasteiger charge is -2.33. The summed E-state index contributed by atoms with van der Waals surface area (Å²) in [6.45, 7) is 8.83. The molecule has 144 valence electrons. The Morgan fingerprint density at radius 1 is 1.44 bits per heavy atom. The van der Waals surface area contributed by atoms with Gasteiger partial charge in [0, 0.05) is 12.0 Å². The molecule has 0 aromatic rings. The number of esters is 2. The van der Waals surface area contributed by atoms with Crippen molar-refractivity contribution < 1.29 is 33.7 Å². The minimum atomic E-state index is -1.30. The van der Waals surface area contributed by atoms with E-state index in [1.54, 1.807) is 32.9 Å². The van der Waals surface area contributed by atoms with Gasteiger partial charge in [0.15, 0.2) is 5.60 Å². The summed E-state index contributed by atoms with van der Waals surface area (Å²) in [5, 5.41) is 10.8. The summed E-state index contributed by atoms with van der Waals surface area (Å²) >= 11 is 0. The Hall–Kier alpha value is -2.25. The highest BCUT2D eigenvalue weighted by Gasteiger charge is 2.60. The average molecular weight is 374 g/mol. The molecule has 7 nitrogen and oxygen atoms in total. The van der Waals surface area contributed by atoms with E-state index in [1.807, 2.05) is 0 Å². The molecule has 27 heavy (non-hydrogen) atoms. The van der Waals surface area contributed by atoms with Gasteiger partial charge >= 0.3 is 11.9 Å². The van der Waals surface area contributed by atoms with Gasteiger partial charge in [-0.15, -0.1) is 0 Å². The van der Waals surface area contributed by atoms with Gasteiger partial charge in [-0.25, -0.2) is 9.59 Å². The molecule has 2 fully saturated rings. The van der Waals surface area contributed by atoms with Crippen LogP contribution >= 0.6 is 0 Å². The van der Waals surface area contributed by atoms with E-state index < -0.39 is 47.2 Å². The smallest absolute Gasteiger partial charge is 0.341 e. The molecule has 0 aromatic heterocycles. The number of fused-ring (bicyclic) bond motifs is 3. The zero-order valence-electron chi connectivity index (χ0n) is 15.4. The number of allylic oxidation sites excluding steroid dienone is 1. The second-order valence-electron chi connectivity index (χ2n) is 8.07. The fourth-order valence-electron chi connectivity index (χ4n) is 4.41. The molecule has 4 aliphatic rings. The van der Waals surface area contributed by atoms with Gasteiger partial charge in [-0.2, -0.15) is 0 Å². The Bertz CT molecular complexity index is 820. The van der Waals surface area contributed by atoms with Crippen molar-refractivity contribution in [2.45, 2.75) is 56.7 Å². The van der Waals surface area contributed by atoms with Crippen LogP contribution in [0.15, 0.2) is 35.5 Å². The average Bonchev–Trinajstić information content (AvgIpc) is 3.00. The molecular formula is C20H22O7. The lowest BCUT2D eigenvalue weighted by atomic mass is 9.78. The number of aldehydes is 1. The van der Waals surface area contributed by atoms with Gasteiger partial charge in [-0.05, 0) is 31.9 Å². The quantitative estimate of drug-likeness (QED) is 0.340. The van der Waals surface area contributed by atoms with Crippen molar-refractivity contribution in [3.63, 3.8) is 0 Å². The van der Waals surface area contributed by atoms with Gasteiger partial charge in [0.05, 0.1) is 23.5 Å². The van der Waals surface area contributed by atoms with Crippen molar-refractivity contribution >= 4 is 18.2 Å². The summed E-state index contributed by atoms with van der Waals surface area (Å²) in [6.07, 6.45) is 2.25. The van der Waals surface area contributed by atoms with E-state index >= 15 is 0 Å². The van der Waals surface area contributed by atoms with E-state index in [-0.39, 0.29) is 18.1 Å². The van der Waals surface area contributed by atoms with E-state index in [0.29, 0.717) is 17.4 Å². The Balaban J connectivity index is 1.74. The SMILES string of the molecule is C=C1C(=O)O[C@H]2[C@H]1[C@H](OC(=O)[C@@]1(C)O[C@H]1C)CC(C=O)=C1C=C[C@@](C)(O)[C@@H]12. The van der Waals surface area contributed by atoms with Crippen LogP contribution in [0, 0.1) is 11.8 Å². The first-order chi connectivity index (χ1) is 12.6. The van der Waals surface area contributed by atoms with Crippen molar-refractivity contribution in [1.82, 2.24) is 0 Å². The predicted molar refractivity (Wildman–Crippen MR) is 92.3 cm³/mol. The zero-order valence-corrected chi connectivity index (χ0v) is 15.4. The summed E-state index contributed by atoms with van der Waals surface area (Å²) in [4.78, 5) is 36.6. The van der Waals surface area contributed by atoms with Crippen LogP contribution in [0.3, 0.4) is 0 Å². The maximum atomic E-state index is 12.6. The third-order valence-electron chi connectivity index (χ3n) is 6.29. The van der Waals surface area contributed by atoms with Crippen molar-refractivity contribution in [1.29, 1.82) is 0 Å². The number of epoxide rings is 1. The Labute approximate surface area is 156 Å². The Morgan fingerprint density at radius 2 is 2.11 bits per heavy atom. The standard InChI is InChI=1S/C20H22O7/c1-9-14-13(25-18(23)20(4)10(2)27-20)7-11(8-21)12-5-6-19(3,24)15(12)16(14)26-17(9)22/h5-6,8,10,13-16,24H,1,7H2,2-4H3/t10-,13+,14+,15-,16-,19+,20-/m0/s1. The molecule has 7 heteroatoms. The number of carbonyl (C=O) groups is 3. The fourth-order valence-corrected chi connectivity index (χ4v) is 4.41. The summed E-state index contributed by atoms with van der Waals surface area (Å²) in [6, 6.07) is 0. The monoisotopic (exact) mass is 374 g/mol. The van der Waals surface area contributed by atoms with Crippen LogP contribution in [-0.2, 0) is 28.6 Å². The highest BCUT2D eigenvalue weighted by Crippen LogP contribution is 2.50. The molecule has 0 saturated carbocycles. The molecule has 2 aliphatic carbocycles. The van der Waals surface area contributed by atoms with Gasteiger partial charge in [-0.1, -0.05) is 18.7 Å². The minimum Gasteiger partial charge on any atom is -0.459 e. The zero-order chi connectivity index (χ0) is 19.7. The van der Waals surface area contributed by atoms with E-state index in [1.165, 1.54) is 0 Å². The van der Waals surface area contributed by atoms with Crippen LogP contribution in [0.25, 0.3) is 0 Å². The van der Waals surface area contributed by atoms with E-state index in [2.05, 4.69) is 6.58 Å². The van der Waals surface area contributed by atoms with Crippen LogP contribution < -0.4 is 0 Å². The van der Waals surface area contributed by atoms with Gasteiger partial charge in [0.2, 0.25) is 0 Å². The van der Waals surface area contributed by atoms with Crippen LogP contribution in [0.1, 0.15) is 27.2 Å². The molecule has 0 unspecified atom stereocenters. The van der Waals surface area contributed by atoms with Crippen LogP contribution in [0.4, 0.5) is 0 Å². The Kier molecular flexibility index (Phi) is 3.78. The number of rotatable bonds is 3. The van der Waals surface area contributed by atoms with Gasteiger partial charge in [0.1, 0.15) is 18.5 Å². The normalized spacial score (nSPS) is 45.1. The molecule has 0 radical (unpaired) electrons. The molecule has 0 bridgehead atoms. The number of carbonyl (C=O) groups excluding carboxylic acids is 3. The highest BCUT2D eigenvalue weighted by atomic mass is 16.7. The molecule has 1 N–H and O–H groups in total. The molecule has 2 aliphatic heterocycles. The first kappa shape index (κ1) is 18.1. The van der Waals surface area contributed by atoms with Crippen molar-refractivity contribution in [3.8, 4) is 0 Å². The van der Waals surface area contributed by atoms with Gasteiger partial charge in [0.25, 0.3) is 0 Å². The van der Waals surface area contributed by atoms with E-state index in [9.17, 15) is 19.5 Å². The second kappa shape index (κ2) is 5.62. The Morgan fingerprint density at radius 3 is 2.70 bits per heavy atom. The molecular weight excluding hydrogens is 352 g/mol. The van der Waals surface area contributed by atoms with Crippen LogP contribution in [0.2, 0.25) is 0 Å². The van der Waals surface area contributed by atoms with Crippen molar-refractivity contribution in [2.24, 2.45) is 11.8 Å². The number of hydrogen-bond donors (Lipinski definition) is 1. The van der Waals surface area contributed by atoms with Crippen molar-refractivity contribution in [2.75, 3.05) is 0 Å². The molecule has 7 atom stereocenters. The van der Waals surface area contributed by atoms with Crippen LogP contribution in [0.5, 0.6) is 0 Å². The maximum Gasteiger partial charge on any atom is 0.341 e. The van der Waals surface area contributed by atoms with E-state index in [0.717, 1.165) is 0 Å². The lowest BCUT2D eigenvalue weighted by molar-refractivity contribution is -0.159. The topological polar surface area (TPSA) is 102 Å². The molecule has 0 amide bonds. The summed E-state index contributed by atoms with van der Waals surface area (Å²) in [5.41, 5.74) is -1.12. The minimum absolute atomic E-state index is 0.114. The first-order valence-corrected chi connectivity index (χ1v) is 8.98. The summed E-state index contributed by atoms with van der Waals surface area (Å²) in [5.74, 6) is -2.40. The third kappa shape index (κ3) is 2.52. The molecule has 2 saturated heterocycles. The number of ether oxygens (including phenoxy) is 3.